The molecule has 1 rings (SSSR count). The molecule has 0 saturated carbocycles. The Morgan fingerprint density at radius 3 is 2.38 bits per heavy atom. The van der Waals surface area contributed by atoms with Crippen molar-refractivity contribution in [2.24, 2.45) is 0 Å². The molecule has 0 saturated heterocycles. The first kappa shape index (κ1) is 18.6. The van der Waals surface area contributed by atoms with Gasteiger partial charge in [0.05, 0.1) is 0 Å². The molecule has 1 unspecified atom stereocenters. The Kier molecular flexibility index (Phi) is 7.85. The smallest absolute Gasteiger partial charge is 0.0410 e. The van der Waals surface area contributed by atoms with E-state index in [2.05, 4.69) is 72.1 Å². The highest BCUT2D eigenvalue weighted by atomic mass is 79.9. The second-order valence-electron chi connectivity index (χ2n) is 5.93. The average molecular weight is 356 g/mol. The fraction of sp³-hybridized carbons (Fsp3) is 0.706. The van der Waals surface area contributed by atoms with Crippen LogP contribution in [-0.2, 0) is 6.42 Å². The van der Waals surface area contributed by atoms with Crippen LogP contribution in [0.25, 0.3) is 0 Å². The third kappa shape index (κ3) is 4.76. The van der Waals surface area contributed by atoms with E-state index in [1.54, 1.807) is 0 Å². The topological polar surface area (TPSA) is 28.2 Å². The SMILES string of the molecule is CCCNC(Cc1cncc(Br)c1)C(CC)(CC)N(C)C. The van der Waals surface area contributed by atoms with Gasteiger partial charge in [0.25, 0.3) is 0 Å². The molecule has 0 aliphatic carbocycles. The third-order valence-corrected chi connectivity index (χ3v) is 5.04. The Labute approximate surface area is 138 Å². The van der Waals surface area contributed by atoms with Gasteiger partial charge in [-0.15, -0.1) is 0 Å². The van der Waals surface area contributed by atoms with E-state index in [1.807, 2.05) is 12.4 Å². The van der Waals surface area contributed by atoms with Crippen molar-refractivity contribution >= 4 is 15.9 Å². The second-order valence-corrected chi connectivity index (χ2v) is 6.84. The van der Waals surface area contributed by atoms with Crippen LogP contribution in [0.1, 0.15) is 45.6 Å². The molecule has 3 nitrogen and oxygen atoms in total. The van der Waals surface area contributed by atoms with Crippen LogP contribution >= 0.6 is 15.9 Å². The summed E-state index contributed by atoms with van der Waals surface area (Å²) >= 11 is 3.52. The van der Waals surface area contributed by atoms with E-state index in [4.69, 9.17) is 0 Å². The highest BCUT2D eigenvalue weighted by Gasteiger charge is 2.37. The fourth-order valence-corrected chi connectivity index (χ4v) is 3.67. The van der Waals surface area contributed by atoms with Crippen molar-refractivity contribution in [3.63, 3.8) is 0 Å². The highest BCUT2D eigenvalue weighted by Crippen LogP contribution is 2.28. The zero-order chi connectivity index (χ0) is 15.9. The minimum absolute atomic E-state index is 0.178. The van der Waals surface area contributed by atoms with Gasteiger partial charge in [0, 0.05) is 28.4 Å². The Bertz CT molecular complexity index is 416. The number of nitrogens with zero attached hydrogens (tertiary/aromatic N) is 2. The Balaban J connectivity index is 3.03. The van der Waals surface area contributed by atoms with Crippen molar-refractivity contribution in [1.82, 2.24) is 15.2 Å². The van der Waals surface area contributed by atoms with Gasteiger partial charge in [0.1, 0.15) is 0 Å². The zero-order valence-corrected chi connectivity index (χ0v) is 15.7. The molecule has 21 heavy (non-hydrogen) atoms. The molecular formula is C17H30BrN3. The molecule has 0 aromatic carbocycles. The molecule has 1 heterocycles. The van der Waals surface area contributed by atoms with Crippen molar-refractivity contribution in [2.75, 3.05) is 20.6 Å². The van der Waals surface area contributed by atoms with Gasteiger partial charge in [-0.25, -0.2) is 0 Å². The van der Waals surface area contributed by atoms with Crippen LogP contribution in [0.3, 0.4) is 0 Å². The van der Waals surface area contributed by atoms with Gasteiger partial charge in [0.15, 0.2) is 0 Å². The summed E-state index contributed by atoms with van der Waals surface area (Å²) in [5, 5.41) is 3.78. The highest BCUT2D eigenvalue weighted by molar-refractivity contribution is 9.10. The summed E-state index contributed by atoms with van der Waals surface area (Å²) in [4.78, 5) is 6.70. The van der Waals surface area contributed by atoms with Gasteiger partial charge in [-0.05, 0) is 73.9 Å². The van der Waals surface area contributed by atoms with Gasteiger partial charge in [-0.3, -0.25) is 4.98 Å². The average Bonchev–Trinajstić information content (AvgIpc) is 2.46. The molecule has 4 heteroatoms. The number of hydrogen-bond donors (Lipinski definition) is 1. The predicted octanol–water partition coefficient (Wildman–Crippen LogP) is 3.88. The number of rotatable bonds is 9. The maximum Gasteiger partial charge on any atom is 0.0410 e. The first-order valence-electron chi connectivity index (χ1n) is 8.00. The zero-order valence-electron chi connectivity index (χ0n) is 14.1. The summed E-state index contributed by atoms with van der Waals surface area (Å²) in [6.45, 7) is 7.87. The molecule has 1 atom stereocenters. The standard InChI is InChI=1S/C17H30BrN3/c1-6-9-20-16(17(7-2,8-3)21(4)5)11-14-10-15(18)13-19-12-14/h10,12-13,16,20H,6-9,11H2,1-5H3. The molecule has 1 aromatic heterocycles. The molecule has 0 spiro atoms. The molecule has 0 radical (unpaired) electrons. The molecule has 1 N–H and O–H groups in total. The van der Waals surface area contributed by atoms with Gasteiger partial charge in [-0.1, -0.05) is 20.8 Å². The largest absolute Gasteiger partial charge is 0.312 e. The van der Waals surface area contributed by atoms with Crippen LogP contribution in [0.5, 0.6) is 0 Å². The Hall–Kier alpha value is -0.450. The van der Waals surface area contributed by atoms with E-state index < -0.39 is 0 Å². The molecule has 0 fully saturated rings. The monoisotopic (exact) mass is 355 g/mol. The molecule has 120 valence electrons. The maximum absolute atomic E-state index is 4.31. The molecule has 1 aromatic rings. The lowest BCUT2D eigenvalue weighted by Crippen LogP contribution is -2.59. The summed E-state index contributed by atoms with van der Waals surface area (Å²) in [6.07, 6.45) is 8.27. The van der Waals surface area contributed by atoms with E-state index in [9.17, 15) is 0 Å². The third-order valence-electron chi connectivity index (χ3n) is 4.61. The lowest BCUT2D eigenvalue weighted by molar-refractivity contribution is 0.0881. The molecule has 0 aliphatic rings. The van der Waals surface area contributed by atoms with Crippen molar-refractivity contribution in [3.05, 3.63) is 28.5 Å². The van der Waals surface area contributed by atoms with E-state index in [1.165, 1.54) is 5.56 Å². The lowest BCUT2D eigenvalue weighted by Gasteiger charge is -2.46. The first-order chi connectivity index (χ1) is 10.00. The van der Waals surface area contributed by atoms with Crippen LogP contribution in [0.2, 0.25) is 0 Å². The molecule has 0 aliphatic heterocycles. The normalized spacial score (nSPS) is 13.7. The van der Waals surface area contributed by atoms with Crippen LogP contribution < -0.4 is 5.32 Å². The van der Waals surface area contributed by atoms with Crippen LogP contribution in [0, 0.1) is 0 Å². The van der Waals surface area contributed by atoms with Gasteiger partial charge >= 0.3 is 0 Å². The minimum Gasteiger partial charge on any atom is -0.312 e. The van der Waals surface area contributed by atoms with Crippen molar-refractivity contribution < 1.29 is 0 Å². The number of likely N-dealkylation sites (N-methyl/N-ethyl adjacent to an activating group) is 1. The van der Waals surface area contributed by atoms with Gasteiger partial charge in [0.2, 0.25) is 0 Å². The fourth-order valence-electron chi connectivity index (χ4n) is 3.26. The van der Waals surface area contributed by atoms with E-state index >= 15 is 0 Å². The summed E-state index contributed by atoms with van der Waals surface area (Å²) in [5.41, 5.74) is 1.46. The van der Waals surface area contributed by atoms with Crippen LogP contribution in [0.4, 0.5) is 0 Å². The second kappa shape index (κ2) is 8.86. The van der Waals surface area contributed by atoms with Crippen LogP contribution in [0.15, 0.2) is 22.9 Å². The predicted molar refractivity (Wildman–Crippen MR) is 94.7 cm³/mol. The van der Waals surface area contributed by atoms with Crippen molar-refractivity contribution in [3.8, 4) is 0 Å². The number of nitrogens with one attached hydrogen (secondary N) is 1. The summed E-state index contributed by atoms with van der Waals surface area (Å²) < 4.78 is 1.05. The quantitative estimate of drug-likeness (QED) is 0.728. The van der Waals surface area contributed by atoms with E-state index in [0.717, 1.165) is 36.7 Å². The number of aromatic nitrogens is 1. The number of halogens is 1. The Morgan fingerprint density at radius 1 is 1.24 bits per heavy atom. The molecule has 0 bridgehead atoms. The van der Waals surface area contributed by atoms with E-state index in [-0.39, 0.29) is 5.54 Å². The van der Waals surface area contributed by atoms with Gasteiger partial charge < -0.3 is 10.2 Å². The molecule has 0 amide bonds. The van der Waals surface area contributed by atoms with Crippen molar-refractivity contribution in [1.29, 1.82) is 0 Å². The Morgan fingerprint density at radius 2 is 1.90 bits per heavy atom. The van der Waals surface area contributed by atoms with Gasteiger partial charge in [-0.2, -0.15) is 0 Å². The summed E-state index contributed by atoms with van der Waals surface area (Å²) in [6, 6.07) is 2.61. The van der Waals surface area contributed by atoms with Crippen molar-refractivity contribution in [2.45, 2.75) is 58.0 Å². The lowest BCUT2D eigenvalue weighted by atomic mass is 9.80. The van der Waals surface area contributed by atoms with E-state index in [0.29, 0.717) is 6.04 Å². The first-order valence-corrected chi connectivity index (χ1v) is 8.79. The summed E-state index contributed by atoms with van der Waals surface area (Å²) in [5.74, 6) is 0. The number of hydrogen-bond acceptors (Lipinski definition) is 3. The minimum atomic E-state index is 0.178. The molecular weight excluding hydrogens is 326 g/mol. The number of pyridine rings is 1. The van der Waals surface area contributed by atoms with Crippen LogP contribution in [-0.4, -0.2) is 42.1 Å². The maximum atomic E-state index is 4.31. The summed E-state index contributed by atoms with van der Waals surface area (Å²) in [7, 11) is 4.40.